The van der Waals surface area contributed by atoms with E-state index in [9.17, 15) is 4.79 Å². The molecule has 2 rings (SSSR count). The molecule has 1 unspecified atom stereocenters. The molecule has 0 saturated carbocycles. The van der Waals surface area contributed by atoms with Crippen LogP contribution in [0.15, 0.2) is 59.6 Å². The summed E-state index contributed by atoms with van der Waals surface area (Å²) in [6.07, 6.45) is 0. The number of aliphatic imine (C=N–C) groups is 1. The van der Waals surface area contributed by atoms with Crippen molar-refractivity contribution in [1.82, 2.24) is 10.6 Å². The second kappa shape index (κ2) is 11.5. The van der Waals surface area contributed by atoms with E-state index in [4.69, 9.17) is 5.73 Å². The van der Waals surface area contributed by atoms with Gasteiger partial charge in [-0.15, -0.1) is 24.0 Å². The first-order valence-corrected chi connectivity index (χ1v) is 8.56. The molecule has 0 aliphatic carbocycles. The second-order valence-corrected chi connectivity index (χ2v) is 5.95. The highest BCUT2D eigenvalue weighted by Crippen LogP contribution is 2.13. The molecule has 1 atom stereocenters. The van der Waals surface area contributed by atoms with E-state index in [1.165, 1.54) is 5.56 Å². The van der Waals surface area contributed by atoms with Crippen LogP contribution in [0.2, 0.25) is 0 Å². The predicted octanol–water partition coefficient (Wildman–Crippen LogP) is 3.26. The van der Waals surface area contributed by atoms with Crippen molar-refractivity contribution < 1.29 is 4.79 Å². The Morgan fingerprint density at radius 2 is 1.73 bits per heavy atom. The van der Waals surface area contributed by atoms with Crippen LogP contribution in [0.5, 0.6) is 0 Å². The van der Waals surface area contributed by atoms with E-state index >= 15 is 0 Å². The van der Waals surface area contributed by atoms with Crippen LogP contribution in [0.3, 0.4) is 0 Å². The van der Waals surface area contributed by atoms with Crippen molar-refractivity contribution in [2.75, 3.05) is 13.1 Å². The molecular formula is C20H27IN4O. The molecule has 2 aromatic rings. The quantitative estimate of drug-likeness (QED) is 0.333. The number of amides is 1. The summed E-state index contributed by atoms with van der Waals surface area (Å²) in [6, 6.07) is 17.6. The molecule has 26 heavy (non-hydrogen) atoms. The third kappa shape index (κ3) is 7.03. The number of carbonyl (C=O) groups excluding carboxylic acids is 1. The minimum atomic E-state index is -0.417. The molecule has 6 heteroatoms. The Hall–Kier alpha value is -2.09. The maximum absolute atomic E-state index is 11.1. The first-order chi connectivity index (χ1) is 12.1. The molecule has 0 aliphatic rings. The van der Waals surface area contributed by atoms with Crippen LogP contribution in [0.25, 0.3) is 0 Å². The number of carbonyl (C=O) groups is 1. The van der Waals surface area contributed by atoms with Gasteiger partial charge in [0.15, 0.2) is 5.96 Å². The molecule has 0 saturated heterocycles. The SMILES string of the molecule is CCNC(=NCc1ccc(C(N)=O)cc1)NCC(C)c1ccccc1.I. The van der Waals surface area contributed by atoms with Gasteiger partial charge in [-0.1, -0.05) is 49.4 Å². The molecular weight excluding hydrogens is 439 g/mol. The lowest BCUT2D eigenvalue weighted by molar-refractivity contribution is 0.100. The van der Waals surface area contributed by atoms with Gasteiger partial charge in [-0.2, -0.15) is 0 Å². The van der Waals surface area contributed by atoms with Gasteiger partial charge < -0.3 is 16.4 Å². The molecule has 2 aromatic carbocycles. The van der Waals surface area contributed by atoms with Gasteiger partial charge >= 0.3 is 0 Å². The zero-order valence-electron chi connectivity index (χ0n) is 15.2. The van der Waals surface area contributed by atoms with Gasteiger partial charge in [-0.25, -0.2) is 4.99 Å². The zero-order valence-corrected chi connectivity index (χ0v) is 17.6. The first kappa shape index (κ1) is 22.0. The van der Waals surface area contributed by atoms with Gasteiger partial charge in [0, 0.05) is 18.7 Å². The standard InChI is InChI=1S/C20H26N4O.HI/c1-3-22-20(23-13-15(2)17-7-5-4-6-8-17)24-14-16-9-11-18(12-10-16)19(21)25;/h4-12,15H,3,13-14H2,1-2H3,(H2,21,25)(H2,22,23,24);1H. The summed E-state index contributed by atoms with van der Waals surface area (Å²) < 4.78 is 0. The summed E-state index contributed by atoms with van der Waals surface area (Å²) in [4.78, 5) is 15.7. The Morgan fingerprint density at radius 3 is 2.31 bits per heavy atom. The Kier molecular flexibility index (Phi) is 9.72. The fourth-order valence-corrected chi connectivity index (χ4v) is 2.44. The third-order valence-electron chi connectivity index (χ3n) is 3.95. The monoisotopic (exact) mass is 466 g/mol. The molecule has 0 spiro atoms. The number of hydrogen-bond acceptors (Lipinski definition) is 2. The van der Waals surface area contributed by atoms with E-state index in [0.29, 0.717) is 18.0 Å². The van der Waals surface area contributed by atoms with Crippen molar-refractivity contribution in [3.05, 3.63) is 71.3 Å². The number of nitrogens with one attached hydrogen (secondary N) is 2. The van der Waals surface area contributed by atoms with Crippen LogP contribution in [0, 0.1) is 0 Å². The Morgan fingerprint density at radius 1 is 1.08 bits per heavy atom. The lowest BCUT2D eigenvalue weighted by Gasteiger charge is -2.16. The second-order valence-electron chi connectivity index (χ2n) is 5.95. The summed E-state index contributed by atoms with van der Waals surface area (Å²) in [7, 11) is 0. The minimum absolute atomic E-state index is 0. The largest absolute Gasteiger partial charge is 0.366 e. The predicted molar refractivity (Wildman–Crippen MR) is 118 cm³/mol. The Balaban J connectivity index is 0.00000338. The van der Waals surface area contributed by atoms with Crippen molar-refractivity contribution >= 4 is 35.8 Å². The van der Waals surface area contributed by atoms with Gasteiger partial charge in [0.25, 0.3) is 0 Å². The van der Waals surface area contributed by atoms with Crippen LogP contribution in [0.4, 0.5) is 0 Å². The fourth-order valence-electron chi connectivity index (χ4n) is 2.44. The molecule has 0 fully saturated rings. The van der Waals surface area contributed by atoms with Crippen LogP contribution >= 0.6 is 24.0 Å². The summed E-state index contributed by atoms with van der Waals surface area (Å²) in [5.74, 6) is 0.754. The van der Waals surface area contributed by atoms with Crippen molar-refractivity contribution in [3.8, 4) is 0 Å². The van der Waals surface area contributed by atoms with Crippen molar-refractivity contribution in [1.29, 1.82) is 0 Å². The van der Waals surface area contributed by atoms with Crippen molar-refractivity contribution in [2.24, 2.45) is 10.7 Å². The van der Waals surface area contributed by atoms with Crippen LogP contribution < -0.4 is 16.4 Å². The molecule has 140 valence electrons. The number of nitrogens with zero attached hydrogens (tertiary/aromatic N) is 1. The van der Waals surface area contributed by atoms with E-state index in [1.807, 2.05) is 25.1 Å². The minimum Gasteiger partial charge on any atom is -0.366 e. The van der Waals surface area contributed by atoms with Crippen LogP contribution in [-0.2, 0) is 6.54 Å². The Bertz CT molecular complexity index is 702. The Labute approximate surface area is 172 Å². The van der Waals surface area contributed by atoms with Gasteiger partial charge in [0.05, 0.1) is 6.54 Å². The van der Waals surface area contributed by atoms with Gasteiger partial charge in [-0.05, 0) is 36.1 Å². The highest BCUT2D eigenvalue weighted by Gasteiger charge is 2.06. The van der Waals surface area contributed by atoms with E-state index < -0.39 is 5.91 Å². The molecule has 4 N–H and O–H groups in total. The number of rotatable bonds is 7. The van der Waals surface area contributed by atoms with E-state index in [1.54, 1.807) is 12.1 Å². The fraction of sp³-hybridized carbons (Fsp3) is 0.300. The molecule has 0 bridgehead atoms. The molecule has 0 radical (unpaired) electrons. The van der Waals surface area contributed by atoms with E-state index in [-0.39, 0.29) is 24.0 Å². The average molecular weight is 466 g/mol. The van der Waals surface area contributed by atoms with Gasteiger partial charge in [0.1, 0.15) is 0 Å². The van der Waals surface area contributed by atoms with Crippen LogP contribution in [-0.4, -0.2) is 25.0 Å². The normalized spacial score (nSPS) is 12.0. The van der Waals surface area contributed by atoms with Crippen LogP contribution in [0.1, 0.15) is 41.3 Å². The molecule has 0 aromatic heterocycles. The summed E-state index contributed by atoms with van der Waals surface area (Å²) >= 11 is 0. The van der Waals surface area contributed by atoms with Crippen molar-refractivity contribution in [3.63, 3.8) is 0 Å². The molecule has 1 amide bonds. The summed E-state index contributed by atoms with van der Waals surface area (Å²) in [5.41, 5.74) is 8.09. The van der Waals surface area contributed by atoms with E-state index in [2.05, 4.69) is 46.8 Å². The maximum atomic E-state index is 11.1. The third-order valence-corrected chi connectivity index (χ3v) is 3.95. The highest BCUT2D eigenvalue weighted by atomic mass is 127. The lowest BCUT2D eigenvalue weighted by Crippen LogP contribution is -2.39. The van der Waals surface area contributed by atoms with Gasteiger partial charge in [0.2, 0.25) is 5.91 Å². The lowest BCUT2D eigenvalue weighted by atomic mass is 10.0. The number of guanidine groups is 1. The topological polar surface area (TPSA) is 79.5 Å². The highest BCUT2D eigenvalue weighted by molar-refractivity contribution is 14.0. The van der Waals surface area contributed by atoms with E-state index in [0.717, 1.165) is 24.6 Å². The zero-order chi connectivity index (χ0) is 18.1. The maximum Gasteiger partial charge on any atom is 0.248 e. The summed E-state index contributed by atoms with van der Waals surface area (Å²) in [5, 5.41) is 6.64. The smallest absolute Gasteiger partial charge is 0.248 e. The number of benzene rings is 2. The number of primary amides is 1. The first-order valence-electron chi connectivity index (χ1n) is 8.56. The number of hydrogen-bond donors (Lipinski definition) is 3. The average Bonchev–Trinajstić information content (AvgIpc) is 2.64. The van der Waals surface area contributed by atoms with Gasteiger partial charge in [-0.3, -0.25) is 4.79 Å². The summed E-state index contributed by atoms with van der Waals surface area (Å²) in [6.45, 7) is 6.37. The molecule has 0 heterocycles. The number of halogens is 1. The van der Waals surface area contributed by atoms with Crippen molar-refractivity contribution in [2.45, 2.75) is 26.3 Å². The number of nitrogens with two attached hydrogens (primary N) is 1. The molecule has 0 aliphatic heterocycles. The molecule has 5 nitrogen and oxygen atoms in total.